The molecular weight excluding hydrogens is 266 g/mol. The summed E-state index contributed by atoms with van der Waals surface area (Å²) in [6.07, 6.45) is 0.840. The molecule has 6 heteroatoms. The zero-order valence-electron chi connectivity index (χ0n) is 12.3. The van der Waals surface area contributed by atoms with Crippen LogP contribution in [0.2, 0.25) is 0 Å². The molecule has 0 unspecified atom stereocenters. The lowest BCUT2D eigenvalue weighted by molar-refractivity contribution is 0.475. The Labute approximate surface area is 124 Å². The molecule has 0 atom stereocenters. The van der Waals surface area contributed by atoms with Crippen LogP contribution in [0.25, 0.3) is 0 Å². The van der Waals surface area contributed by atoms with Gasteiger partial charge in [-0.25, -0.2) is 15.8 Å². The summed E-state index contributed by atoms with van der Waals surface area (Å²) in [7, 11) is 0. The second kappa shape index (κ2) is 6.90. The van der Waals surface area contributed by atoms with Crippen LogP contribution < -0.4 is 16.6 Å². The molecule has 0 bridgehead atoms. The Bertz CT molecular complexity index is 583. The van der Waals surface area contributed by atoms with Crippen molar-refractivity contribution in [3.8, 4) is 5.75 Å². The maximum atomic E-state index is 9.25. The molecule has 6 nitrogen and oxygen atoms in total. The summed E-state index contributed by atoms with van der Waals surface area (Å²) in [4.78, 5) is 8.78. The number of phenols is 1. The number of aromatic nitrogens is 2. The summed E-state index contributed by atoms with van der Waals surface area (Å²) in [5, 5.41) is 12.5. The van der Waals surface area contributed by atoms with Crippen molar-refractivity contribution < 1.29 is 5.11 Å². The largest absolute Gasteiger partial charge is 0.508 e. The van der Waals surface area contributed by atoms with Gasteiger partial charge in [0.15, 0.2) is 0 Å². The molecule has 0 spiro atoms. The first-order valence-corrected chi connectivity index (χ1v) is 6.96. The predicted molar refractivity (Wildman–Crippen MR) is 84.2 cm³/mol. The zero-order valence-corrected chi connectivity index (χ0v) is 12.3. The van der Waals surface area contributed by atoms with E-state index in [1.54, 1.807) is 18.2 Å². The molecule has 0 fully saturated rings. The van der Waals surface area contributed by atoms with Gasteiger partial charge in [-0.1, -0.05) is 26.0 Å². The van der Waals surface area contributed by atoms with Gasteiger partial charge in [0, 0.05) is 18.5 Å². The van der Waals surface area contributed by atoms with Crippen LogP contribution in [-0.2, 0) is 6.42 Å². The summed E-state index contributed by atoms with van der Waals surface area (Å²) >= 11 is 0. The van der Waals surface area contributed by atoms with Crippen LogP contribution >= 0.6 is 0 Å². The molecule has 5 N–H and O–H groups in total. The fraction of sp³-hybridized carbons (Fsp3) is 0.333. The molecule has 21 heavy (non-hydrogen) atoms. The van der Waals surface area contributed by atoms with Gasteiger partial charge in [-0.05, 0) is 24.1 Å². The lowest BCUT2D eigenvalue weighted by Crippen LogP contribution is -2.13. The van der Waals surface area contributed by atoms with E-state index in [0.717, 1.165) is 30.2 Å². The number of hydrogen-bond donors (Lipinski definition) is 4. The van der Waals surface area contributed by atoms with Crippen molar-refractivity contribution in [3.63, 3.8) is 0 Å². The molecule has 1 heterocycles. The molecule has 1 aromatic heterocycles. The number of nitrogen functional groups attached to an aromatic ring is 1. The number of benzene rings is 1. The Kier molecular flexibility index (Phi) is 4.94. The van der Waals surface area contributed by atoms with Crippen molar-refractivity contribution >= 4 is 11.6 Å². The van der Waals surface area contributed by atoms with Crippen molar-refractivity contribution in [2.24, 2.45) is 5.84 Å². The van der Waals surface area contributed by atoms with E-state index in [1.165, 1.54) is 0 Å². The number of nitrogens with two attached hydrogens (primary N) is 1. The SMILES string of the molecule is CC(C)c1nc(NN)cc(NCCc2ccc(O)cc2)n1. The average molecular weight is 287 g/mol. The monoisotopic (exact) mass is 287 g/mol. The number of anilines is 2. The minimum absolute atomic E-state index is 0.232. The summed E-state index contributed by atoms with van der Waals surface area (Å²) in [5.41, 5.74) is 3.71. The van der Waals surface area contributed by atoms with Gasteiger partial charge in [-0.3, -0.25) is 0 Å². The molecule has 0 saturated heterocycles. The van der Waals surface area contributed by atoms with Gasteiger partial charge in [-0.15, -0.1) is 0 Å². The van der Waals surface area contributed by atoms with Gasteiger partial charge in [0.1, 0.15) is 23.2 Å². The lowest BCUT2D eigenvalue weighted by atomic mass is 10.1. The number of hydrazine groups is 1. The van der Waals surface area contributed by atoms with Crippen molar-refractivity contribution in [3.05, 3.63) is 41.7 Å². The first-order valence-electron chi connectivity index (χ1n) is 6.96. The Morgan fingerprint density at radius 1 is 1.14 bits per heavy atom. The van der Waals surface area contributed by atoms with E-state index >= 15 is 0 Å². The minimum atomic E-state index is 0.232. The van der Waals surface area contributed by atoms with Gasteiger partial charge in [0.2, 0.25) is 0 Å². The maximum Gasteiger partial charge on any atom is 0.145 e. The lowest BCUT2D eigenvalue weighted by Gasteiger charge is -2.11. The Morgan fingerprint density at radius 3 is 2.43 bits per heavy atom. The Balaban J connectivity index is 1.99. The topological polar surface area (TPSA) is 96.1 Å². The first kappa shape index (κ1) is 15.1. The molecule has 0 aliphatic carbocycles. The van der Waals surface area contributed by atoms with E-state index in [1.807, 2.05) is 26.0 Å². The molecule has 112 valence electrons. The maximum absolute atomic E-state index is 9.25. The van der Waals surface area contributed by atoms with E-state index < -0.39 is 0 Å². The molecule has 0 radical (unpaired) electrons. The van der Waals surface area contributed by atoms with Crippen LogP contribution in [0.3, 0.4) is 0 Å². The van der Waals surface area contributed by atoms with Crippen LogP contribution in [0, 0.1) is 0 Å². The molecular formula is C15H21N5O. The smallest absolute Gasteiger partial charge is 0.145 e. The molecule has 2 aromatic rings. The van der Waals surface area contributed by atoms with Crippen molar-refractivity contribution in [1.29, 1.82) is 0 Å². The third-order valence-corrected chi connectivity index (χ3v) is 3.06. The Morgan fingerprint density at radius 2 is 1.81 bits per heavy atom. The standard InChI is InChI=1S/C15H21N5O/c1-10(2)15-18-13(9-14(19-15)20-16)17-8-7-11-3-5-12(21)6-4-11/h3-6,9-10,21H,7-8,16H2,1-2H3,(H2,17,18,19,20). The normalized spacial score (nSPS) is 10.7. The zero-order chi connectivity index (χ0) is 15.2. The molecule has 0 aliphatic heterocycles. The van der Waals surface area contributed by atoms with E-state index in [2.05, 4.69) is 20.7 Å². The number of rotatable bonds is 6. The van der Waals surface area contributed by atoms with Crippen LogP contribution in [0.4, 0.5) is 11.6 Å². The fourth-order valence-corrected chi connectivity index (χ4v) is 1.89. The third kappa shape index (κ3) is 4.32. The molecule has 2 rings (SSSR count). The molecule has 0 amide bonds. The summed E-state index contributed by atoms with van der Waals surface area (Å²) in [6.45, 7) is 4.81. The van der Waals surface area contributed by atoms with Gasteiger partial charge in [0.05, 0.1) is 0 Å². The quantitative estimate of drug-likeness (QED) is 0.481. The molecule has 1 aromatic carbocycles. The second-order valence-corrected chi connectivity index (χ2v) is 5.14. The van der Waals surface area contributed by atoms with Crippen LogP contribution in [0.15, 0.2) is 30.3 Å². The van der Waals surface area contributed by atoms with Crippen LogP contribution in [-0.4, -0.2) is 21.6 Å². The first-order chi connectivity index (χ1) is 10.1. The van der Waals surface area contributed by atoms with Gasteiger partial charge in [-0.2, -0.15) is 0 Å². The van der Waals surface area contributed by atoms with Crippen molar-refractivity contribution in [2.45, 2.75) is 26.2 Å². The molecule has 0 saturated carbocycles. The van der Waals surface area contributed by atoms with Crippen molar-refractivity contribution in [1.82, 2.24) is 9.97 Å². The highest BCUT2D eigenvalue weighted by molar-refractivity contribution is 5.47. The average Bonchev–Trinajstić information content (AvgIpc) is 2.49. The number of nitrogens with zero attached hydrogens (tertiary/aromatic N) is 2. The number of nitrogens with one attached hydrogen (secondary N) is 2. The van der Waals surface area contributed by atoms with Gasteiger partial charge >= 0.3 is 0 Å². The number of hydrogen-bond acceptors (Lipinski definition) is 6. The Hall–Kier alpha value is -2.34. The highest BCUT2D eigenvalue weighted by atomic mass is 16.3. The van der Waals surface area contributed by atoms with Gasteiger partial charge in [0.25, 0.3) is 0 Å². The van der Waals surface area contributed by atoms with E-state index in [0.29, 0.717) is 5.82 Å². The number of aromatic hydroxyl groups is 1. The fourth-order valence-electron chi connectivity index (χ4n) is 1.89. The highest BCUT2D eigenvalue weighted by Crippen LogP contribution is 2.16. The second-order valence-electron chi connectivity index (χ2n) is 5.14. The summed E-state index contributed by atoms with van der Waals surface area (Å²) < 4.78 is 0. The minimum Gasteiger partial charge on any atom is -0.508 e. The predicted octanol–water partition coefficient (Wildman–Crippen LogP) is 2.25. The highest BCUT2D eigenvalue weighted by Gasteiger charge is 2.07. The van der Waals surface area contributed by atoms with Crippen molar-refractivity contribution in [2.75, 3.05) is 17.3 Å². The van der Waals surface area contributed by atoms with Crippen LogP contribution in [0.1, 0.15) is 31.2 Å². The number of phenolic OH excluding ortho intramolecular Hbond substituents is 1. The third-order valence-electron chi connectivity index (χ3n) is 3.06. The van der Waals surface area contributed by atoms with E-state index in [9.17, 15) is 5.11 Å². The molecule has 0 aliphatic rings. The summed E-state index contributed by atoms with van der Waals surface area (Å²) in [5.74, 6) is 8.04. The van der Waals surface area contributed by atoms with Gasteiger partial charge < -0.3 is 15.8 Å². The van der Waals surface area contributed by atoms with Crippen LogP contribution in [0.5, 0.6) is 5.75 Å². The van der Waals surface area contributed by atoms with E-state index in [-0.39, 0.29) is 11.7 Å². The van der Waals surface area contributed by atoms with E-state index in [4.69, 9.17) is 5.84 Å². The summed E-state index contributed by atoms with van der Waals surface area (Å²) in [6, 6.07) is 8.97.